The van der Waals surface area contributed by atoms with E-state index in [0.29, 0.717) is 24.4 Å². The van der Waals surface area contributed by atoms with Crippen molar-refractivity contribution in [3.05, 3.63) is 53.6 Å². The van der Waals surface area contributed by atoms with Gasteiger partial charge in [-0.15, -0.1) is 0 Å². The molecule has 0 aliphatic rings. The van der Waals surface area contributed by atoms with Crippen LogP contribution in [0.15, 0.2) is 42.5 Å². The van der Waals surface area contributed by atoms with E-state index in [0.717, 1.165) is 16.9 Å². The van der Waals surface area contributed by atoms with E-state index in [1.807, 2.05) is 39.0 Å². The summed E-state index contributed by atoms with van der Waals surface area (Å²) in [5.41, 5.74) is 3.39. The van der Waals surface area contributed by atoms with Crippen molar-refractivity contribution in [3.8, 4) is 5.75 Å². The number of aryl methyl sites for hydroxylation is 2. The fraction of sp³-hybridized carbons (Fsp3) is 0.348. The Balaban J connectivity index is 1.64. The van der Waals surface area contributed by atoms with E-state index in [1.54, 1.807) is 24.3 Å². The number of rotatable bonds is 10. The number of anilines is 2. The summed E-state index contributed by atoms with van der Waals surface area (Å²) in [7, 11) is 0. The molecule has 0 saturated carbocycles. The minimum absolute atomic E-state index is 0.0630. The van der Waals surface area contributed by atoms with Gasteiger partial charge in [-0.2, -0.15) is 0 Å². The Labute approximate surface area is 176 Å². The van der Waals surface area contributed by atoms with E-state index in [9.17, 15) is 14.4 Å². The van der Waals surface area contributed by atoms with E-state index in [1.165, 1.54) is 0 Å². The lowest BCUT2D eigenvalue weighted by molar-refractivity contribution is -0.147. The van der Waals surface area contributed by atoms with Crippen molar-refractivity contribution in [1.29, 1.82) is 0 Å². The molecule has 0 aromatic heterocycles. The van der Waals surface area contributed by atoms with Gasteiger partial charge >= 0.3 is 5.97 Å². The molecule has 0 saturated heterocycles. The summed E-state index contributed by atoms with van der Waals surface area (Å²) in [5, 5.41) is 5.48. The number of hydrogen-bond donors (Lipinski definition) is 2. The minimum atomic E-state index is -0.514. The first-order valence-corrected chi connectivity index (χ1v) is 9.93. The number of nitrogens with one attached hydrogen (secondary N) is 2. The SMILES string of the molecule is CCOc1ccc(NC(=O)CCCC(=O)OCC(=O)Nc2ccc(C)cc2C)cc1. The standard InChI is InChI=1S/C23H28N2O5/c1-4-29-19-11-9-18(10-12-19)24-21(26)6-5-7-23(28)30-15-22(27)25-20-13-8-16(2)14-17(20)3/h8-14H,4-7,15H2,1-3H3,(H,24,26)(H,25,27). The van der Waals surface area contributed by atoms with Crippen molar-refractivity contribution in [2.24, 2.45) is 0 Å². The molecule has 2 aromatic carbocycles. The maximum Gasteiger partial charge on any atom is 0.306 e. The molecule has 2 N–H and O–H groups in total. The second-order valence-corrected chi connectivity index (χ2v) is 6.89. The molecule has 0 atom stereocenters. The lowest BCUT2D eigenvalue weighted by atomic mass is 10.1. The van der Waals surface area contributed by atoms with Crippen LogP contribution in [-0.4, -0.2) is 31.0 Å². The van der Waals surface area contributed by atoms with Crippen LogP contribution in [0.25, 0.3) is 0 Å². The lowest BCUT2D eigenvalue weighted by Crippen LogP contribution is -2.21. The number of amides is 2. The Morgan fingerprint density at radius 3 is 2.30 bits per heavy atom. The predicted octanol–water partition coefficient (Wildman–Crippen LogP) is 3.99. The molecule has 7 nitrogen and oxygen atoms in total. The third-order valence-electron chi connectivity index (χ3n) is 4.25. The lowest BCUT2D eigenvalue weighted by Gasteiger charge is -2.10. The summed E-state index contributed by atoms with van der Waals surface area (Å²) < 4.78 is 10.3. The molecule has 160 valence electrons. The average molecular weight is 412 g/mol. The molecule has 0 unspecified atom stereocenters. The largest absolute Gasteiger partial charge is 0.494 e. The zero-order valence-electron chi connectivity index (χ0n) is 17.6. The normalized spacial score (nSPS) is 10.2. The van der Waals surface area contributed by atoms with Crippen molar-refractivity contribution >= 4 is 29.2 Å². The maximum atomic E-state index is 12.0. The van der Waals surface area contributed by atoms with Gasteiger partial charge < -0.3 is 20.1 Å². The number of hydrogen-bond acceptors (Lipinski definition) is 5. The molecule has 0 spiro atoms. The molecule has 0 fully saturated rings. The first kappa shape index (κ1) is 22.9. The van der Waals surface area contributed by atoms with Crippen LogP contribution in [0.4, 0.5) is 11.4 Å². The predicted molar refractivity (Wildman–Crippen MR) is 116 cm³/mol. The molecular weight excluding hydrogens is 384 g/mol. The number of benzene rings is 2. The molecule has 2 aromatic rings. The zero-order chi connectivity index (χ0) is 21.9. The first-order chi connectivity index (χ1) is 14.4. The highest BCUT2D eigenvalue weighted by Gasteiger charge is 2.10. The van der Waals surface area contributed by atoms with Crippen LogP contribution in [0.3, 0.4) is 0 Å². The van der Waals surface area contributed by atoms with Crippen LogP contribution in [0.5, 0.6) is 5.75 Å². The van der Waals surface area contributed by atoms with E-state index in [4.69, 9.17) is 9.47 Å². The summed E-state index contributed by atoms with van der Waals surface area (Å²) in [6.45, 7) is 5.99. The van der Waals surface area contributed by atoms with Gasteiger partial charge in [0.15, 0.2) is 6.61 Å². The van der Waals surface area contributed by atoms with Gasteiger partial charge in [0.05, 0.1) is 6.61 Å². The highest BCUT2D eigenvalue weighted by Crippen LogP contribution is 2.17. The summed E-state index contributed by atoms with van der Waals surface area (Å²) in [5.74, 6) is -0.373. The van der Waals surface area contributed by atoms with Crippen LogP contribution < -0.4 is 15.4 Å². The van der Waals surface area contributed by atoms with Crippen LogP contribution in [0.1, 0.15) is 37.3 Å². The maximum absolute atomic E-state index is 12.0. The quantitative estimate of drug-likeness (QED) is 0.576. The molecule has 2 rings (SSSR count). The van der Waals surface area contributed by atoms with Gasteiger partial charge in [0.1, 0.15) is 5.75 Å². The number of carbonyl (C=O) groups excluding carboxylic acids is 3. The van der Waals surface area contributed by atoms with Crippen molar-refractivity contribution in [3.63, 3.8) is 0 Å². The third kappa shape index (κ3) is 7.95. The van der Waals surface area contributed by atoms with Crippen LogP contribution >= 0.6 is 0 Å². The van der Waals surface area contributed by atoms with Gasteiger partial charge in [-0.1, -0.05) is 17.7 Å². The van der Waals surface area contributed by atoms with Gasteiger partial charge in [0, 0.05) is 24.2 Å². The summed E-state index contributed by atoms with van der Waals surface area (Å²) in [6, 6.07) is 12.7. The van der Waals surface area contributed by atoms with Gasteiger partial charge in [-0.25, -0.2) is 0 Å². The monoisotopic (exact) mass is 412 g/mol. The summed E-state index contributed by atoms with van der Waals surface area (Å²) in [4.78, 5) is 35.7. The van der Waals surface area contributed by atoms with E-state index in [2.05, 4.69) is 10.6 Å². The molecule has 0 aliphatic heterocycles. The van der Waals surface area contributed by atoms with Crippen molar-refractivity contribution < 1.29 is 23.9 Å². The summed E-state index contributed by atoms with van der Waals surface area (Å²) >= 11 is 0. The number of ether oxygens (including phenoxy) is 2. The third-order valence-corrected chi connectivity index (χ3v) is 4.25. The van der Waals surface area contributed by atoms with Crippen molar-refractivity contribution in [2.75, 3.05) is 23.8 Å². The van der Waals surface area contributed by atoms with Crippen LogP contribution in [0, 0.1) is 13.8 Å². The van der Waals surface area contributed by atoms with E-state index >= 15 is 0 Å². The molecule has 30 heavy (non-hydrogen) atoms. The van der Waals surface area contributed by atoms with Crippen molar-refractivity contribution in [1.82, 2.24) is 0 Å². The topological polar surface area (TPSA) is 93.7 Å². The average Bonchev–Trinajstić information content (AvgIpc) is 2.70. The molecule has 0 bridgehead atoms. The van der Waals surface area contributed by atoms with Gasteiger partial charge in [0.25, 0.3) is 5.91 Å². The summed E-state index contributed by atoms with van der Waals surface area (Å²) in [6.07, 6.45) is 0.574. The first-order valence-electron chi connectivity index (χ1n) is 9.93. The smallest absolute Gasteiger partial charge is 0.306 e. The molecule has 7 heteroatoms. The molecule has 0 heterocycles. The van der Waals surface area contributed by atoms with Gasteiger partial charge in [-0.05, 0) is 63.1 Å². The van der Waals surface area contributed by atoms with Crippen LogP contribution in [0.2, 0.25) is 0 Å². The van der Waals surface area contributed by atoms with Crippen molar-refractivity contribution in [2.45, 2.75) is 40.0 Å². The highest BCUT2D eigenvalue weighted by molar-refractivity contribution is 5.93. The van der Waals surface area contributed by atoms with Gasteiger partial charge in [-0.3, -0.25) is 14.4 Å². The fourth-order valence-electron chi connectivity index (χ4n) is 2.78. The molecule has 0 aliphatic carbocycles. The second kappa shape index (κ2) is 11.6. The van der Waals surface area contributed by atoms with E-state index in [-0.39, 0.29) is 25.4 Å². The number of carbonyl (C=O) groups is 3. The fourth-order valence-corrected chi connectivity index (χ4v) is 2.78. The zero-order valence-corrected chi connectivity index (χ0v) is 17.6. The Morgan fingerprint density at radius 1 is 0.900 bits per heavy atom. The Kier molecular flexibility index (Phi) is 8.87. The van der Waals surface area contributed by atoms with Gasteiger partial charge in [0.2, 0.25) is 5.91 Å². The number of esters is 1. The Hall–Kier alpha value is -3.35. The second-order valence-electron chi connectivity index (χ2n) is 6.89. The Bertz CT molecular complexity index is 878. The minimum Gasteiger partial charge on any atom is -0.494 e. The van der Waals surface area contributed by atoms with E-state index < -0.39 is 11.9 Å². The molecular formula is C23H28N2O5. The molecule has 0 radical (unpaired) electrons. The molecule has 2 amide bonds. The Morgan fingerprint density at radius 2 is 1.63 bits per heavy atom. The highest BCUT2D eigenvalue weighted by atomic mass is 16.5. The van der Waals surface area contributed by atoms with Crippen LogP contribution in [-0.2, 0) is 19.1 Å².